The van der Waals surface area contributed by atoms with Crippen molar-refractivity contribution in [1.29, 1.82) is 0 Å². The second-order valence-corrected chi connectivity index (χ2v) is 15.4. The molecule has 0 fully saturated rings. The Kier molecular flexibility index (Phi) is 10.3. The largest absolute Gasteiger partial charge is 0.384 e. The molecule has 280 valence electrons. The molecule has 0 spiro atoms. The van der Waals surface area contributed by atoms with Crippen molar-refractivity contribution >= 4 is 73.4 Å². The van der Waals surface area contributed by atoms with Crippen molar-refractivity contribution in [3.05, 3.63) is 139 Å². The van der Waals surface area contributed by atoms with Crippen LogP contribution in [-0.4, -0.2) is 38.1 Å². The van der Waals surface area contributed by atoms with Crippen LogP contribution >= 0.6 is 23.2 Å². The van der Waals surface area contributed by atoms with E-state index >= 15 is 0 Å². The number of fused-ring (bicyclic) bond motifs is 6. The fourth-order valence-electron chi connectivity index (χ4n) is 7.35. The number of amides is 1. The maximum atomic E-state index is 13.5. The van der Waals surface area contributed by atoms with Crippen LogP contribution in [0.15, 0.2) is 95.5 Å². The molecule has 2 aliphatic heterocycles. The number of carbonyl (C=O) groups excluding carboxylic acids is 1. The molecule has 0 radical (unpaired) electrons. The van der Waals surface area contributed by atoms with Gasteiger partial charge in [0.15, 0.2) is 0 Å². The van der Waals surface area contributed by atoms with Crippen molar-refractivity contribution in [1.82, 2.24) is 19.1 Å². The Morgan fingerprint density at radius 3 is 1.65 bits per heavy atom. The van der Waals surface area contributed by atoms with Gasteiger partial charge >= 0.3 is 0 Å². The van der Waals surface area contributed by atoms with Gasteiger partial charge in [0.2, 0.25) is 5.91 Å². The SMILES string of the molecule is C=C1CCN(C(C)=O)c2ccc3c(=O)n(-c4ccc(Cl)cc4)c(C(C)C)nc3c21.C=C1CCNc2ccc3c(=O)n(-c4ccc(Cl)cc4)c(C(C)C)nc3c21. The van der Waals surface area contributed by atoms with Crippen molar-refractivity contribution in [3.63, 3.8) is 0 Å². The van der Waals surface area contributed by atoms with Crippen LogP contribution in [0.4, 0.5) is 11.4 Å². The van der Waals surface area contributed by atoms with E-state index in [0.29, 0.717) is 45.1 Å². The quantitative estimate of drug-likeness (QED) is 0.191. The molecule has 11 heteroatoms. The Morgan fingerprint density at radius 2 is 1.16 bits per heavy atom. The number of hydrogen-bond acceptors (Lipinski definition) is 6. The first-order valence-electron chi connectivity index (χ1n) is 18.4. The minimum Gasteiger partial charge on any atom is -0.384 e. The zero-order valence-electron chi connectivity index (χ0n) is 31.5. The van der Waals surface area contributed by atoms with E-state index < -0.39 is 0 Å². The highest BCUT2D eigenvalue weighted by atomic mass is 35.5. The molecule has 1 amide bonds. The lowest BCUT2D eigenvalue weighted by Crippen LogP contribution is -2.33. The average Bonchev–Trinajstić information content (AvgIpc) is 3.15. The summed E-state index contributed by atoms with van der Waals surface area (Å²) in [5, 5.41) is 5.74. The van der Waals surface area contributed by atoms with Gasteiger partial charge in [-0.2, -0.15) is 0 Å². The van der Waals surface area contributed by atoms with Crippen LogP contribution in [0.5, 0.6) is 0 Å². The number of carbonyl (C=O) groups is 1. The Bertz CT molecular complexity index is 2660. The molecular formula is C44H42Cl2N6O3. The van der Waals surface area contributed by atoms with Gasteiger partial charge in [-0.15, -0.1) is 0 Å². The van der Waals surface area contributed by atoms with Crippen LogP contribution in [0.25, 0.3) is 44.3 Å². The van der Waals surface area contributed by atoms with Gasteiger partial charge in [0.05, 0.1) is 38.9 Å². The number of nitrogens with one attached hydrogen (secondary N) is 1. The normalized spacial score (nSPS) is 13.8. The van der Waals surface area contributed by atoms with Crippen LogP contribution in [0, 0.1) is 0 Å². The van der Waals surface area contributed by atoms with Gasteiger partial charge in [0.25, 0.3) is 11.1 Å². The van der Waals surface area contributed by atoms with Gasteiger partial charge in [0.1, 0.15) is 11.6 Å². The lowest BCUT2D eigenvalue weighted by molar-refractivity contribution is -0.116. The monoisotopic (exact) mass is 772 g/mol. The van der Waals surface area contributed by atoms with Crippen molar-refractivity contribution in [3.8, 4) is 11.4 Å². The van der Waals surface area contributed by atoms with E-state index in [1.165, 1.54) is 0 Å². The molecule has 0 saturated heterocycles. The van der Waals surface area contributed by atoms with Gasteiger partial charge < -0.3 is 10.2 Å². The Hall–Kier alpha value is -5.51. The first kappa shape index (κ1) is 37.8. The summed E-state index contributed by atoms with van der Waals surface area (Å²) >= 11 is 12.0. The summed E-state index contributed by atoms with van der Waals surface area (Å²) in [5.41, 5.74) is 8.08. The van der Waals surface area contributed by atoms with Crippen LogP contribution in [0.3, 0.4) is 0 Å². The molecule has 4 heterocycles. The lowest BCUT2D eigenvalue weighted by atomic mass is 9.94. The summed E-state index contributed by atoms with van der Waals surface area (Å²) in [6.07, 6.45) is 1.51. The third-order valence-electron chi connectivity index (χ3n) is 10.1. The average molecular weight is 774 g/mol. The predicted molar refractivity (Wildman–Crippen MR) is 227 cm³/mol. The van der Waals surface area contributed by atoms with E-state index in [2.05, 4.69) is 18.5 Å². The zero-order chi connectivity index (χ0) is 39.3. The standard InChI is InChI=1S/C23H22ClN3O2.C21H20ClN3O/c1-13(2)22-25-21-18(23(29)27(22)17-7-5-16(24)6-8-17)9-10-19-20(21)14(3)11-12-26(19)15(4)28;1-12(2)20-24-19-16(8-9-17-18(19)13(3)10-11-23-17)21(26)25(20)15-6-4-14(22)5-7-15/h5-10,13H,3,11-12H2,1-2,4H3;4-9,12,23H,3,10-11H2,1-2H3. The maximum Gasteiger partial charge on any atom is 0.266 e. The number of halogens is 2. The summed E-state index contributed by atoms with van der Waals surface area (Å²) in [5.74, 6) is 1.46. The van der Waals surface area contributed by atoms with E-state index in [1.54, 1.807) is 51.3 Å². The minimum atomic E-state index is -0.142. The van der Waals surface area contributed by atoms with Gasteiger partial charge in [-0.05, 0) is 96.8 Å². The predicted octanol–water partition coefficient (Wildman–Crippen LogP) is 9.92. The van der Waals surface area contributed by atoms with E-state index in [-0.39, 0.29) is 28.9 Å². The topological polar surface area (TPSA) is 102 Å². The smallest absolute Gasteiger partial charge is 0.266 e. The molecule has 1 N–H and O–H groups in total. The third-order valence-corrected chi connectivity index (χ3v) is 10.6. The molecule has 0 saturated carbocycles. The minimum absolute atomic E-state index is 0.0133. The second-order valence-electron chi connectivity index (χ2n) is 14.5. The molecule has 4 aromatic carbocycles. The summed E-state index contributed by atoms with van der Waals surface area (Å²) in [4.78, 5) is 50.6. The van der Waals surface area contributed by atoms with E-state index in [1.807, 2.05) is 70.2 Å². The highest BCUT2D eigenvalue weighted by Crippen LogP contribution is 2.39. The number of nitrogens with zero attached hydrogens (tertiary/aromatic N) is 5. The molecular weight excluding hydrogens is 731 g/mol. The number of benzene rings is 4. The molecule has 2 aromatic heterocycles. The molecule has 8 rings (SSSR count). The molecule has 0 aliphatic carbocycles. The summed E-state index contributed by atoms with van der Waals surface area (Å²) in [6, 6.07) is 21.8. The summed E-state index contributed by atoms with van der Waals surface area (Å²) in [6.45, 7) is 19.5. The number of aromatic nitrogens is 4. The van der Waals surface area contributed by atoms with E-state index in [9.17, 15) is 14.4 Å². The van der Waals surface area contributed by atoms with Crippen LogP contribution in [0.1, 0.15) is 82.1 Å². The maximum absolute atomic E-state index is 13.5. The van der Waals surface area contributed by atoms with Crippen molar-refractivity contribution in [2.45, 2.75) is 59.3 Å². The molecule has 0 unspecified atom stereocenters. The van der Waals surface area contributed by atoms with Crippen molar-refractivity contribution < 1.29 is 4.79 Å². The Balaban J connectivity index is 0.000000170. The number of hydrogen-bond donors (Lipinski definition) is 1. The number of anilines is 2. The Morgan fingerprint density at radius 1 is 0.691 bits per heavy atom. The fraction of sp³-hybridized carbons (Fsp3) is 0.250. The highest BCUT2D eigenvalue weighted by molar-refractivity contribution is 6.30. The van der Waals surface area contributed by atoms with Gasteiger partial charge in [0, 0.05) is 58.7 Å². The number of rotatable bonds is 4. The van der Waals surface area contributed by atoms with Gasteiger partial charge in [-0.1, -0.05) is 64.1 Å². The van der Waals surface area contributed by atoms with Gasteiger partial charge in [-0.3, -0.25) is 23.5 Å². The third kappa shape index (κ3) is 6.87. The first-order chi connectivity index (χ1) is 26.3. The second kappa shape index (κ2) is 15.0. The molecule has 55 heavy (non-hydrogen) atoms. The van der Waals surface area contributed by atoms with Crippen LogP contribution < -0.4 is 21.3 Å². The molecule has 0 atom stereocenters. The van der Waals surface area contributed by atoms with E-state index in [0.717, 1.165) is 69.3 Å². The molecule has 0 bridgehead atoms. The van der Waals surface area contributed by atoms with Crippen LogP contribution in [-0.2, 0) is 4.79 Å². The Labute approximate surface area is 329 Å². The van der Waals surface area contributed by atoms with Gasteiger partial charge in [-0.25, -0.2) is 9.97 Å². The zero-order valence-corrected chi connectivity index (χ0v) is 33.1. The molecule has 9 nitrogen and oxygen atoms in total. The first-order valence-corrected chi connectivity index (χ1v) is 19.1. The van der Waals surface area contributed by atoms with Crippen molar-refractivity contribution in [2.75, 3.05) is 23.3 Å². The summed E-state index contributed by atoms with van der Waals surface area (Å²) in [7, 11) is 0. The highest BCUT2D eigenvalue weighted by Gasteiger charge is 2.27. The van der Waals surface area contributed by atoms with Crippen LogP contribution in [0.2, 0.25) is 10.0 Å². The lowest BCUT2D eigenvalue weighted by Gasteiger charge is -2.30. The summed E-state index contributed by atoms with van der Waals surface area (Å²) < 4.78 is 3.33. The molecule has 6 aromatic rings. The van der Waals surface area contributed by atoms with E-state index in [4.69, 9.17) is 33.2 Å². The van der Waals surface area contributed by atoms with Crippen molar-refractivity contribution in [2.24, 2.45) is 0 Å². The molecule has 2 aliphatic rings. The fourth-order valence-corrected chi connectivity index (χ4v) is 7.60.